The number of aliphatic hydroxyl groups excluding tert-OH is 1. The molecule has 1 saturated carbocycles. The normalized spacial score (nSPS) is 16.4. The Morgan fingerprint density at radius 3 is 2.03 bits per heavy atom. The molecule has 1 N–H and O–H groups in total. The average molecular weight is 477 g/mol. The van der Waals surface area contributed by atoms with E-state index in [9.17, 15) is 13.5 Å². The fourth-order valence-electron chi connectivity index (χ4n) is 5.33. The summed E-state index contributed by atoms with van der Waals surface area (Å²) in [6.07, 6.45) is 4.03. The summed E-state index contributed by atoms with van der Waals surface area (Å²) in [5, 5.41) is 13.5. The minimum Gasteiger partial charge on any atom is -0.390 e. The van der Waals surface area contributed by atoms with Gasteiger partial charge in [0, 0.05) is 34.4 Å². The van der Waals surface area contributed by atoms with Gasteiger partial charge in [0.25, 0.3) is 0 Å². The molecule has 0 bridgehead atoms. The van der Waals surface area contributed by atoms with Gasteiger partial charge < -0.3 is 9.67 Å². The van der Waals surface area contributed by atoms with E-state index in [1.165, 1.54) is 0 Å². The third-order valence-electron chi connectivity index (χ3n) is 7.07. The number of rotatable bonds is 7. The van der Waals surface area contributed by atoms with Gasteiger partial charge in [0.2, 0.25) is 10.0 Å². The van der Waals surface area contributed by atoms with Gasteiger partial charge in [-0.05, 0) is 44.0 Å². The minimum atomic E-state index is -3.71. The van der Waals surface area contributed by atoms with Gasteiger partial charge in [-0.1, -0.05) is 73.4 Å². The van der Waals surface area contributed by atoms with Gasteiger partial charge in [0.15, 0.2) is 0 Å². The first-order chi connectivity index (χ1) is 16.4. The lowest BCUT2D eigenvalue weighted by Crippen LogP contribution is -2.46. The molecule has 0 aliphatic heterocycles. The second-order valence-corrected chi connectivity index (χ2v) is 11.4. The fraction of sp³-hybridized carbons (Fsp3) is 0.357. The van der Waals surface area contributed by atoms with Crippen LogP contribution in [-0.2, 0) is 16.6 Å². The standard InChI is InChI=1S/C28H32N2O3S/c1-21-15-17-24(18-16-21)34(32,33)30(22-9-3-2-4-10-22)20-23(31)19-29-27-13-7-5-11-25(27)26-12-6-8-14-28(26)29/h5-8,11-18,22-23,31H,2-4,9-10,19-20H2,1H3/t23-/m1/s1. The average Bonchev–Trinajstić information content (AvgIpc) is 3.17. The molecule has 34 heavy (non-hydrogen) atoms. The number of nitrogens with zero attached hydrogens (tertiary/aromatic N) is 2. The highest BCUT2D eigenvalue weighted by Gasteiger charge is 2.34. The molecule has 5 rings (SSSR count). The molecular weight excluding hydrogens is 444 g/mol. The lowest BCUT2D eigenvalue weighted by atomic mass is 9.95. The summed E-state index contributed by atoms with van der Waals surface area (Å²) in [7, 11) is -3.71. The van der Waals surface area contributed by atoms with Gasteiger partial charge in [-0.2, -0.15) is 4.31 Å². The first-order valence-corrected chi connectivity index (χ1v) is 13.6. The van der Waals surface area contributed by atoms with Crippen molar-refractivity contribution in [2.45, 2.75) is 62.6 Å². The first kappa shape index (κ1) is 23.1. The summed E-state index contributed by atoms with van der Waals surface area (Å²) in [5.74, 6) is 0. The first-order valence-electron chi connectivity index (χ1n) is 12.2. The topological polar surface area (TPSA) is 62.5 Å². The molecular formula is C28H32N2O3S. The fourth-order valence-corrected chi connectivity index (χ4v) is 7.06. The summed E-state index contributed by atoms with van der Waals surface area (Å²) in [6.45, 7) is 2.37. The number of para-hydroxylation sites is 2. The molecule has 1 atom stereocenters. The van der Waals surface area contributed by atoms with Crippen LogP contribution in [0.4, 0.5) is 0 Å². The van der Waals surface area contributed by atoms with Crippen LogP contribution < -0.4 is 0 Å². The van der Waals surface area contributed by atoms with E-state index >= 15 is 0 Å². The SMILES string of the molecule is Cc1ccc(S(=O)(=O)N(C[C@H](O)Cn2c3ccccc3c3ccccc32)C2CCCCC2)cc1. The Morgan fingerprint density at radius 2 is 1.44 bits per heavy atom. The summed E-state index contributed by atoms with van der Waals surface area (Å²) < 4.78 is 31.1. The van der Waals surface area contributed by atoms with E-state index in [1.807, 2.05) is 43.3 Å². The number of aromatic nitrogens is 1. The Kier molecular flexibility index (Phi) is 6.47. The Morgan fingerprint density at radius 1 is 0.882 bits per heavy atom. The summed E-state index contributed by atoms with van der Waals surface area (Å²) in [6, 6.07) is 23.3. The number of sulfonamides is 1. The zero-order valence-electron chi connectivity index (χ0n) is 19.6. The van der Waals surface area contributed by atoms with E-state index in [-0.39, 0.29) is 12.6 Å². The number of hydrogen-bond acceptors (Lipinski definition) is 3. The van der Waals surface area contributed by atoms with E-state index in [2.05, 4.69) is 28.8 Å². The van der Waals surface area contributed by atoms with E-state index in [0.29, 0.717) is 11.4 Å². The molecule has 0 saturated heterocycles. The highest BCUT2D eigenvalue weighted by Crippen LogP contribution is 2.31. The second-order valence-electron chi connectivity index (χ2n) is 9.48. The largest absolute Gasteiger partial charge is 0.390 e. The summed E-state index contributed by atoms with van der Waals surface area (Å²) >= 11 is 0. The number of aryl methyl sites for hydroxylation is 1. The third-order valence-corrected chi connectivity index (χ3v) is 9.01. The van der Waals surface area contributed by atoms with E-state index in [4.69, 9.17) is 0 Å². The van der Waals surface area contributed by atoms with Crippen LogP contribution in [0.3, 0.4) is 0 Å². The van der Waals surface area contributed by atoms with Crippen LogP contribution in [0.25, 0.3) is 21.8 Å². The van der Waals surface area contributed by atoms with Crippen molar-refractivity contribution in [3.05, 3.63) is 78.4 Å². The Balaban J connectivity index is 1.47. The van der Waals surface area contributed by atoms with Crippen LogP contribution in [0.5, 0.6) is 0 Å². The lowest BCUT2D eigenvalue weighted by molar-refractivity contribution is 0.109. The van der Waals surface area contributed by atoms with E-state index in [0.717, 1.165) is 59.5 Å². The lowest BCUT2D eigenvalue weighted by Gasteiger charge is -2.34. The van der Waals surface area contributed by atoms with Gasteiger partial charge >= 0.3 is 0 Å². The molecule has 1 aliphatic rings. The van der Waals surface area contributed by atoms with Crippen molar-refractivity contribution in [2.75, 3.05) is 6.54 Å². The van der Waals surface area contributed by atoms with Crippen LogP contribution in [0.1, 0.15) is 37.7 Å². The Bertz CT molecular complexity index is 1330. The molecule has 1 aromatic heterocycles. The predicted octanol–water partition coefficient (Wildman–Crippen LogP) is 5.49. The summed E-state index contributed by atoms with van der Waals surface area (Å²) in [4.78, 5) is 0.299. The van der Waals surface area contributed by atoms with Gasteiger partial charge in [-0.3, -0.25) is 0 Å². The molecule has 178 valence electrons. The quantitative estimate of drug-likeness (QED) is 0.384. The maximum Gasteiger partial charge on any atom is 0.243 e. The minimum absolute atomic E-state index is 0.0761. The zero-order chi connectivity index (χ0) is 23.7. The number of hydrogen-bond donors (Lipinski definition) is 1. The van der Waals surface area contributed by atoms with E-state index in [1.54, 1.807) is 16.4 Å². The van der Waals surface area contributed by atoms with E-state index < -0.39 is 16.1 Å². The van der Waals surface area contributed by atoms with Gasteiger partial charge in [-0.25, -0.2) is 8.42 Å². The zero-order valence-corrected chi connectivity index (χ0v) is 20.4. The van der Waals surface area contributed by atoms with Crippen molar-refractivity contribution < 1.29 is 13.5 Å². The third kappa shape index (κ3) is 4.38. The van der Waals surface area contributed by atoms with Crippen molar-refractivity contribution in [2.24, 2.45) is 0 Å². The van der Waals surface area contributed by atoms with Crippen molar-refractivity contribution in [3.8, 4) is 0 Å². The molecule has 1 heterocycles. The predicted molar refractivity (Wildman–Crippen MR) is 137 cm³/mol. The van der Waals surface area contributed by atoms with Gasteiger partial charge in [0.1, 0.15) is 0 Å². The Labute approximate surface area is 201 Å². The van der Waals surface area contributed by atoms with Crippen LogP contribution in [-0.4, -0.2) is 41.1 Å². The van der Waals surface area contributed by atoms with Crippen molar-refractivity contribution in [3.63, 3.8) is 0 Å². The maximum absolute atomic E-state index is 13.7. The molecule has 0 spiro atoms. The molecule has 6 heteroatoms. The van der Waals surface area contributed by atoms with Crippen LogP contribution in [0.2, 0.25) is 0 Å². The molecule has 4 aromatic rings. The number of aliphatic hydroxyl groups is 1. The highest BCUT2D eigenvalue weighted by molar-refractivity contribution is 7.89. The molecule has 1 aliphatic carbocycles. The second kappa shape index (κ2) is 9.53. The Hall–Kier alpha value is -2.67. The molecule has 0 radical (unpaired) electrons. The molecule has 0 unspecified atom stereocenters. The van der Waals surface area contributed by atoms with Crippen LogP contribution in [0, 0.1) is 6.92 Å². The number of benzene rings is 3. The molecule has 1 fully saturated rings. The molecule has 0 amide bonds. The summed E-state index contributed by atoms with van der Waals surface area (Å²) in [5.41, 5.74) is 3.12. The van der Waals surface area contributed by atoms with Crippen molar-refractivity contribution >= 4 is 31.8 Å². The van der Waals surface area contributed by atoms with Crippen LogP contribution >= 0.6 is 0 Å². The number of fused-ring (bicyclic) bond motifs is 3. The van der Waals surface area contributed by atoms with Crippen molar-refractivity contribution in [1.82, 2.24) is 8.87 Å². The molecule has 3 aromatic carbocycles. The highest BCUT2D eigenvalue weighted by atomic mass is 32.2. The van der Waals surface area contributed by atoms with Crippen molar-refractivity contribution in [1.29, 1.82) is 0 Å². The van der Waals surface area contributed by atoms with Gasteiger partial charge in [-0.15, -0.1) is 0 Å². The van der Waals surface area contributed by atoms with Gasteiger partial charge in [0.05, 0.1) is 17.5 Å². The molecule has 5 nitrogen and oxygen atoms in total. The maximum atomic E-state index is 13.7. The van der Waals surface area contributed by atoms with Crippen LogP contribution in [0.15, 0.2) is 77.7 Å². The monoisotopic (exact) mass is 476 g/mol. The smallest absolute Gasteiger partial charge is 0.243 e.